The molecule has 1 heterocycles. The molecule has 2 rings (SSSR count). The van der Waals surface area contributed by atoms with Crippen LogP contribution in [0.2, 0.25) is 0 Å². The van der Waals surface area contributed by atoms with Crippen molar-refractivity contribution in [2.24, 2.45) is 0 Å². The summed E-state index contributed by atoms with van der Waals surface area (Å²) in [7, 11) is 0. The molecule has 12 heavy (non-hydrogen) atoms. The number of rotatable bonds is 0. The van der Waals surface area contributed by atoms with E-state index in [1.54, 1.807) is 0 Å². The summed E-state index contributed by atoms with van der Waals surface area (Å²) in [5, 5.41) is 0. The van der Waals surface area contributed by atoms with Crippen LogP contribution in [0.3, 0.4) is 0 Å². The molecular weight excluding hydrogens is 152 g/mol. The Bertz CT molecular complexity index is 238. The largest absolute Gasteiger partial charge is 0.487 e. The maximum Gasteiger partial charge on any atom is 0.131 e. The molecule has 1 unspecified atom stereocenters. The molecule has 0 amide bonds. The van der Waals surface area contributed by atoms with Crippen molar-refractivity contribution in [1.29, 1.82) is 0 Å². The van der Waals surface area contributed by atoms with Crippen LogP contribution in [0.25, 0.3) is 0 Å². The van der Waals surface area contributed by atoms with Gasteiger partial charge < -0.3 is 9.47 Å². The second-order valence-corrected chi connectivity index (χ2v) is 4.57. The quantitative estimate of drug-likeness (QED) is 0.552. The van der Waals surface area contributed by atoms with E-state index in [-0.39, 0.29) is 17.3 Å². The van der Waals surface area contributed by atoms with Crippen LogP contribution in [0.1, 0.15) is 34.1 Å². The van der Waals surface area contributed by atoms with E-state index in [0.29, 0.717) is 0 Å². The van der Waals surface area contributed by atoms with Crippen molar-refractivity contribution in [3.63, 3.8) is 0 Å². The molecule has 0 N–H and O–H groups in total. The number of hydrogen-bond acceptors (Lipinski definition) is 2. The Labute approximate surface area is 73.5 Å². The van der Waals surface area contributed by atoms with E-state index >= 15 is 0 Å². The molecule has 1 aliphatic heterocycles. The zero-order valence-electron chi connectivity index (χ0n) is 8.18. The lowest BCUT2D eigenvalue weighted by molar-refractivity contribution is -0.239. The Morgan fingerprint density at radius 3 is 2.33 bits per heavy atom. The molecule has 0 aromatic rings. The predicted molar refractivity (Wildman–Crippen MR) is 46.8 cm³/mol. The summed E-state index contributed by atoms with van der Waals surface area (Å²) in [6.07, 6.45) is 3.34. The van der Waals surface area contributed by atoms with Gasteiger partial charge in [-0.25, -0.2) is 0 Å². The van der Waals surface area contributed by atoms with Crippen molar-refractivity contribution in [2.45, 2.75) is 51.4 Å². The third kappa shape index (κ3) is 0.908. The Balaban J connectivity index is 2.25. The van der Waals surface area contributed by atoms with Crippen molar-refractivity contribution >= 4 is 0 Å². The standard InChI is InChI=1S/C10H16O2/c1-9(2)10(3,4)12-8-6-5-7(8)11-9/h5,8H,6H2,1-4H3. The van der Waals surface area contributed by atoms with E-state index < -0.39 is 0 Å². The van der Waals surface area contributed by atoms with Gasteiger partial charge in [-0.2, -0.15) is 0 Å². The molecule has 2 nitrogen and oxygen atoms in total. The van der Waals surface area contributed by atoms with E-state index in [0.717, 1.165) is 12.2 Å². The highest BCUT2D eigenvalue weighted by atomic mass is 16.6. The van der Waals surface area contributed by atoms with Gasteiger partial charge in [-0.15, -0.1) is 0 Å². The zero-order valence-corrected chi connectivity index (χ0v) is 8.18. The van der Waals surface area contributed by atoms with Gasteiger partial charge in [-0.05, 0) is 33.8 Å². The first kappa shape index (κ1) is 8.11. The topological polar surface area (TPSA) is 18.5 Å². The molecule has 0 radical (unpaired) electrons. The van der Waals surface area contributed by atoms with Crippen LogP contribution in [-0.4, -0.2) is 17.3 Å². The van der Waals surface area contributed by atoms with Crippen LogP contribution in [0.4, 0.5) is 0 Å². The molecule has 1 aliphatic carbocycles. The molecule has 0 aromatic heterocycles. The molecule has 1 atom stereocenters. The van der Waals surface area contributed by atoms with Crippen molar-refractivity contribution in [1.82, 2.24) is 0 Å². The van der Waals surface area contributed by atoms with Gasteiger partial charge in [0.05, 0.1) is 0 Å². The van der Waals surface area contributed by atoms with Crippen LogP contribution < -0.4 is 0 Å². The minimum atomic E-state index is -0.213. The minimum absolute atomic E-state index is 0.185. The van der Waals surface area contributed by atoms with Crippen molar-refractivity contribution in [2.75, 3.05) is 0 Å². The normalized spacial score (nSPS) is 35.7. The van der Waals surface area contributed by atoms with Gasteiger partial charge >= 0.3 is 0 Å². The summed E-state index contributed by atoms with van der Waals surface area (Å²) in [5.74, 6) is 1.03. The Hall–Kier alpha value is -0.500. The fourth-order valence-corrected chi connectivity index (χ4v) is 1.44. The molecule has 1 saturated heterocycles. The van der Waals surface area contributed by atoms with E-state index in [1.807, 2.05) is 0 Å². The van der Waals surface area contributed by atoms with Gasteiger partial charge in [0.2, 0.25) is 0 Å². The first-order valence-electron chi connectivity index (χ1n) is 4.49. The molecule has 68 valence electrons. The Morgan fingerprint density at radius 1 is 1.25 bits per heavy atom. The lowest BCUT2D eigenvalue weighted by Crippen LogP contribution is -2.57. The number of ether oxygens (including phenoxy) is 2. The lowest BCUT2D eigenvalue weighted by Gasteiger charge is -2.51. The highest BCUT2D eigenvalue weighted by Gasteiger charge is 2.49. The average Bonchev–Trinajstić information content (AvgIpc) is 1.91. The smallest absolute Gasteiger partial charge is 0.131 e. The Morgan fingerprint density at radius 2 is 1.92 bits per heavy atom. The Kier molecular flexibility index (Phi) is 1.39. The summed E-state index contributed by atoms with van der Waals surface area (Å²) in [6.45, 7) is 8.31. The first-order valence-corrected chi connectivity index (χ1v) is 4.49. The number of fused-ring (bicyclic) bond motifs is 1. The molecule has 0 bridgehead atoms. The SMILES string of the molecule is CC1(C)OC2=CCC2OC1(C)C. The maximum atomic E-state index is 5.89. The molecule has 0 saturated carbocycles. The van der Waals surface area contributed by atoms with Gasteiger partial charge in [0.25, 0.3) is 0 Å². The third-order valence-corrected chi connectivity index (χ3v) is 3.11. The third-order valence-electron chi connectivity index (χ3n) is 3.11. The molecule has 0 aromatic carbocycles. The summed E-state index contributed by atoms with van der Waals surface area (Å²) >= 11 is 0. The fraction of sp³-hybridized carbons (Fsp3) is 0.800. The van der Waals surface area contributed by atoms with Crippen LogP contribution in [0.5, 0.6) is 0 Å². The average molecular weight is 168 g/mol. The molecular formula is C10H16O2. The second kappa shape index (κ2) is 2.05. The van der Waals surface area contributed by atoms with Crippen LogP contribution >= 0.6 is 0 Å². The number of hydrogen-bond donors (Lipinski definition) is 0. The summed E-state index contributed by atoms with van der Waals surface area (Å²) in [5.41, 5.74) is -0.398. The molecule has 2 aliphatic rings. The van der Waals surface area contributed by atoms with Crippen LogP contribution in [0, 0.1) is 0 Å². The molecule has 2 heteroatoms. The summed E-state index contributed by atoms with van der Waals surface area (Å²) < 4.78 is 11.7. The van der Waals surface area contributed by atoms with Crippen molar-refractivity contribution < 1.29 is 9.47 Å². The van der Waals surface area contributed by atoms with E-state index in [2.05, 4.69) is 33.8 Å². The minimum Gasteiger partial charge on any atom is -0.487 e. The van der Waals surface area contributed by atoms with E-state index in [9.17, 15) is 0 Å². The monoisotopic (exact) mass is 168 g/mol. The zero-order chi connectivity index (χ0) is 8.98. The highest BCUT2D eigenvalue weighted by Crippen LogP contribution is 2.43. The van der Waals surface area contributed by atoms with Gasteiger partial charge in [-0.3, -0.25) is 0 Å². The fourth-order valence-electron chi connectivity index (χ4n) is 1.44. The van der Waals surface area contributed by atoms with Crippen LogP contribution in [-0.2, 0) is 9.47 Å². The van der Waals surface area contributed by atoms with Crippen molar-refractivity contribution in [3.8, 4) is 0 Å². The summed E-state index contributed by atoms with van der Waals surface area (Å²) in [6, 6.07) is 0. The highest BCUT2D eigenvalue weighted by molar-refractivity contribution is 5.19. The second-order valence-electron chi connectivity index (χ2n) is 4.57. The van der Waals surface area contributed by atoms with Gasteiger partial charge in [0.1, 0.15) is 23.1 Å². The van der Waals surface area contributed by atoms with Crippen molar-refractivity contribution in [3.05, 3.63) is 11.8 Å². The predicted octanol–water partition coefficient (Wildman–Crippen LogP) is 2.25. The van der Waals surface area contributed by atoms with E-state index in [4.69, 9.17) is 9.47 Å². The lowest BCUT2D eigenvalue weighted by atomic mass is 9.85. The first-order chi connectivity index (χ1) is 5.42. The van der Waals surface area contributed by atoms with Gasteiger partial charge in [0, 0.05) is 6.42 Å². The molecule has 1 fully saturated rings. The van der Waals surface area contributed by atoms with Gasteiger partial charge in [0.15, 0.2) is 0 Å². The van der Waals surface area contributed by atoms with Crippen LogP contribution in [0.15, 0.2) is 11.8 Å². The maximum absolute atomic E-state index is 5.89. The van der Waals surface area contributed by atoms with Gasteiger partial charge in [-0.1, -0.05) is 0 Å². The summed E-state index contributed by atoms with van der Waals surface area (Å²) in [4.78, 5) is 0. The van der Waals surface area contributed by atoms with E-state index in [1.165, 1.54) is 0 Å². The molecule has 0 spiro atoms.